The zero-order valence-electron chi connectivity index (χ0n) is 11.0. The van der Waals surface area contributed by atoms with E-state index < -0.39 is 16.9 Å². The number of hydrogen-bond donors (Lipinski definition) is 0. The number of halogens is 1. The summed E-state index contributed by atoms with van der Waals surface area (Å²) in [6.45, 7) is 6.00. The molecule has 0 aliphatic heterocycles. The summed E-state index contributed by atoms with van der Waals surface area (Å²) in [5.41, 5.74) is 0.523. The molecule has 0 N–H and O–H groups in total. The van der Waals surface area contributed by atoms with Crippen LogP contribution in [0.5, 0.6) is 0 Å². The normalized spacial score (nSPS) is 13.1. The van der Waals surface area contributed by atoms with Crippen molar-refractivity contribution < 1.29 is 14.3 Å². The quantitative estimate of drug-likeness (QED) is 0.609. The lowest BCUT2D eigenvalue weighted by Gasteiger charge is -2.21. The first-order valence-corrected chi connectivity index (χ1v) is 6.31. The Morgan fingerprint density at radius 3 is 2.44 bits per heavy atom. The fraction of sp³-hybridized carbons (Fsp3) is 0.500. The van der Waals surface area contributed by atoms with Crippen molar-refractivity contribution in [1.29, 1.82) is 0 Å². The van der Waals surface area contributed by atoms with Crippen molar-refractivity contribution in [3.8, 4) is 0 Å². The van der Waals surface area contributed by atoms with Gasteiger partial charge < -0.3 is 9.47 Å². The third kappa shape index (κ3) is 6.03. The number of carbonyl (C=O) groups is 1. The number of benzene rings is 1. The second kappa shape index (κ2) is 6.76. The van der Waals surface area contributed by atoms with Crippen LogP contribution in [0.3, 0.4) is 0 Å². The first-order valence-electron chi connectivity index (χ1n) is 5.87. The van der Waals surface area contributed by atoms with Crippen LogP contribution in [0.4, 0.5) is 0 Å². The van der Waals surface area contributed by atoms with E-state index in [-0.39, 0.29) is 6.61 Å². The summed E-state index contributed by atoms with van der Waals surface area (Å²) in [7, 11) is 0. The Balaban J connectivity index is 2.29. The molecule has 1 rings (SSSR count). The molecule has 0 aliphatic carbocycles. The predicted octanol–water partition coefficient (Wildman–Crippen LogP) is 3.15. The molecular formula is C14H19ClO3. The predicted molar refractivity (Wildman–Crippen MR) is 71.6 cm³/mol. The molecule has 0 heterocycles. The van der Waals surface area contributed by atoms with E-state index in [0.717, 1.165) is 5.56 Å². The second-order valence-electron chi connectivity index (χ2n) is 5.00. The molecule has 0 saturated heterocycles. The summed E-state index contributed by atoms with van der Waals surface area (Å²) in [5, 5.41) is -0.770. The van der Waals surface area contributed by atoms with E-state index in [1.54, 1.807) is 20.8 Å². The van der Waals surface area contributed by atoms with Gasteiger partial charge >= 0.3 is 5.97 Å². The first kappa shape index (κ1) is 15.0. The van der Waals surface area contributed by atoms with Gasteiger partial charge in [-0.3, -0.25) is 4.79 Å². The average Bonchev–Trinajstić information content (AvgIpc) is 2.28. The fourth-order valence-corrected chi connectivity index (χ4v) is 1.42. The molecule has 0 fully saturated rings. The molecule has 0 spiro atoms. The van der Waals surface area contributed by atoms with Crippen molar-refractivity contribution in [2.45, 2.75) is 38.4 Å². The molecule has 1 atom stereocenters. The van der Waals surface area contributed by atoms with Gasteiger partial charge in [0.05, 0.1) is 13.2 Å². The van der Waals surface area contributed by atoms with Gasteiger partial charge in [-0.1, -0.05) is 30.3 Å². The maximum absolute atomic E-state index is 11.6. The Hall–Kier alpha value is -1.06. The topological polar surface area (TPSA) is 35.5 Å². The van der Waals surface area contributed by atoms with Gasteiger partial charge in [0.25, 0.3) is 0 Å². The standard InChI is InChI=1S/C14H19ClO3/c1-14(2,3)18-13(16)12(15)10-17-9-11-7-5-4-6-8-11/h4-8,12H,9-10H2,1-3H3. The Morgan fingerprint density at radius 2 is 1.89 bits per heavy atom. The summed E-state index contributed by atoms with van der Waals surface area (Å²) in [6, 6.07) is 9.72. The summed E-state index contributed by atoms with van der Waals surface area (Å²) >= 11 is 5.90. The number of ether oxygens (including phenoxy) is 2. The zero-order valence-corrected chi connectivity index (χ0v) is 11.7. The van der Waals surface area contributed by atoms with Crippen molar-refractivity contribution >= 4 is 17.6 Å². The lowest BCUT2D eigenvalue weighted by atomic mass is 10.2. The van der Waals surface area contributed by atoms with E-state index in [1.165, 1.54) is 0 Å². The van der Waals surface area contributed by atoms with Crippen molar-refractivity contribution in [1.82, 2.24) is 0 Å². The van der Waals surface area contributed by atoms with E-state index in [9.17, 15) is 4.79 Å². The van der Waals surface area contributed by atoms with Crippen LogP contribution in [0.25, 0.3) is 0 Å². The molecule has 100 valence electrons. The van der Waals surface area contributed by atoms with Gasteiger partial charge in [0.2, 0.25) is 0 Å². The number of carbonyl (C=O) groups excluding carboxylic acids is 1. The zero-order chi connectivity index (χ0) is 13.6. The third-order valence-electron chi connectivity index (χ3n) is 2.04. The van der Waals surface area contributed by atoms with E-state index in [0.29, 0.717) is 6.61 Å². The van der Waals surface area contributed by atoms with Crippen LogP contribution < -0.4 is 0 Å². The number of esters is 1. The Kier molecular flexibility index (Phi) is 5.63. The highest BCUT2D eigenvalue weighted by atomic mass is 35.5. The van der Waals surface area contributed by atoms with Gasteiger partial charge in [-0.2, -0.15) is 0 Å². The largest absolute Gasteiger partial charge is 0.459 e. The lowest BCUT2D eigenvalue weighted by molar-refractivity contribution is -0.155. The van der Waals surface area contributed by atoms with E-state index >= 15 is 0 Å². The maximum atomic E-state index is 11.6. The van der Waals surface area contributed by atoms with Crippen molar-refractivity contribution in [3.63, 3.8) is 0 Å². The number of hydrogen-bond acceptors (Lipinski definition) is 3. The van der Waals surface area contributed by atoms with E-state index in [4.69, 9.17) is 21.1 Å². The molecule has 3 nitrogen and oxygen atoms in total. The van der Waals surface area contributed by atoms with Crippen molar-refractivity contribution in [2.75, 3.05) is 6.61 Å². The van der Waals surface area contributed by atoms with Crippen LogP contribution in [-0.4, -0.2) is 23.6 Å². The molecule has 1 unspecified atom stereocenters. The molecule has 1 aromatic rings. The second-order valence-corrected chi connectivity index (χ2v) is 5.53. The smallest absolute Gasteiger partial charge is 0.326 e. The van der Waals surface area contributed by atoms with Gasteiger partial charge in [-0.15, -0.1) is 11.6 Å². The summed E-state index contributed by atoms with van der Waals surface area (Å²) in [5.74, 6) is -0.447. The van der Waals surface area contributed by atoms with Crippen LogP contribution >= 0.6 is 11.6 Å². The SMILES string of the molecule is CC(C)(C)OC(=O)C(Cl)COCc1ccccc1. The molecule has 0 aliphatic rings. The molecule has 0 saturated carbocycles. The molecular weight excluding hydrogens is 252 g/mol. The highest BCUT2D eigenvalue weighted by Crippen LogP contribution is 2.12. The van der Waals surface area contributed by atoms with Crippen molar-refractivity contribution in [2.24, 2.45) is 0 Å². The molecule has 1 aromatic carbocycles. The highest BCUT2D eigenvalue weighted by Gasteiger charge is 2.23. The Labute approximate surface area is 113 Å². The summed E-state index contributed by atoms with van der Waals surface area (Å²) < 4.78 is 10.5. The van der Waals surface area contributed by atoms with Gasteiger partial charge in [0.1, 0.15) is 5.60 Å². The maximum Gasteiger partial charge on any atom is 0.326 e. The summed E-state index contributed by atoms with van der Waals surface area (Å²) in [6.07, 6.45) is 0. The first-order chi connectivity index (χ1) is 8.38. The Bertz CT molecular complexity index is 370. The minimum Gasteiger partial charge on any atom is -0.459 e. The van der Waals surface area contributed by atoms with E-state index in [1.807, 2.05) is 30.3 Å². The average molecular weight is 271 g/mol. The van der Waals surface area contributed by atoms with Crippen LogP contribution in [0.2, 0.25) is 0 Å². The van der Waals surface area contributed by atoms with Crippen molar-refractivity contribution in [3.05, 3.63) is 35.9 Å². The highest BCUT2D eigenvalue weighted by molar-refractivity contribution is 6.30. The molecule has 18 heavy (non-hydrogen) atoms. The van der Waals surface area contributed by atoms with Gasteiger partial charge in [-0.25, -0.2) is 0 Å². The van der Waals surface area contributed by atoms with Crippen LogP contribution in [0.15, 0.2) is 30.3 Å². The number of rotatable bonds is 5. The fourth-order valence-electron chi connectivity index (χ4n) is 1.29. The van der Waals surface area contributed by atoms with Crippen LogP contribution in [0, 0.1) is 0 Å². The van der Waals surface area contributed by atoms with Gasteiger partial charge in [0, 0.05) is 0 Å². The monoisotopic (exact) mass is 270 g/mol. The number of alkyl halides is 1. The van der Waals surface area contributed by atoms with Gasteiger partial charge in [0.15, 0.2) is 5.38 Å². The lowest BCUT2D eigenvalue weighted by Crippen LogP contribution is -2.31. The molecule has 0 amide bonds. The van der Waals surface area contributed by atoms with Gasteiger partial charge in [-0.05, 0) is 26.3 Å². The summed E-state index contributed by atoms with van der Waals surface area (Å²) in [4.78, 5) is 11.6. The third-order valence-corrected chi connectivity index (χ3v) is 2.34. The molecule has 0 aromatic heterocycles. The Morgan fingerprint density at radius 1 is 1.28 bits per heavy atom. The minimum atomic E-state index is -0.770. The molecule has 4 heteroatoms. The molecule has 0 bridgehead atoms. The van der Waals surface area contributed by atoms with E-state index in [2.05, 4.69) is 0 Å². The van der Waals surface area contributed by atoms with Crippen LogP contribution in [0.1, 0.15) is 26.3 Å². The molecule has 0 radical (unpaired) electrons. The van der Waals surface area contributed by atoms with Crippen LogP contribution in [-0.2, 0) is 20.9 Å². The minimum absolute atomic E-state index is 0.144.